The van der Waals surface area contributed by atoms with Crippen LogP contribution >= 0.6 is 15.9 Å². The lowest BCUT2D eigenvalue weighted by Gasteiger charge is -2.13. The third-order valence-electron chi connectivity index (χ3n) is 2.86. The van der Waals surface area contributed by atoms with Gasteiger partial charge in [0.25, 0.3) is 0 Å². The van der Waals surface area contributed by atoms with E-state index in [0.717, 1.165) is 21.9 Å². The van der Waals surface area contributed by atoms with Crippen molar-refractivity contribution in [3.8, 4) is 0 Å². The van der Waals surface area contributed by atoms with Gasteiger partial charge in [-0.25, -0.2) is 4.79 Å². The molecular weight excluding hydrogens is 296 g/mol. The maximum absolute atomic E-state index is 11.3. The van der Waals surface area contributed by atoms with Crippen molar-refractivity contribution in [1.82, 2.24) is 9.47 Å². The number of aromatic nitrogens is 1. The van der Waals surface area contributed by atoms with Crippen LogP contribution in [0.1, 0.15) is 10.5 Å². The van der Waals surface area contributed by atoms with Gasteiger partial charge in [-0.05, 0) is 42.2 Å². The molecule has 0 atom stereocenters. The number of hydrogen-bond acceptors (Lipinski definition) is 2. The molecule has 0 radical (unpaired) electrons. The number of aromatic carboxylic acids is 1. The Hall–Kier alpha value is -1.33. The average Bonchev–Trinajstić information content (AvgIpc) is 2.66. The highest BCUT2D eigenvalue weighted by Gasteiger charge is 2.16. The normalized spacial score (nSPS) is 11.3. The summed E-state index contributed by atoms with van der Waals surface area (Å²) in [6, 6.07) is 7.49. The van der Waals surface area contributed by atoms with Crippen LogP contribution < -0.4 is 0 Å². The van der Waals surface area contributed by atoms with Crippen LogP contribution in [0.4, 0.5) is 0 Å². The second-order valence-electron chi connectivity index (χ2n) is 4.47. The summed E-state index contributed by atoms with van der Waals surface area (Å²) in [6.07, 6.45) is 0. The van der Waals surface area contributed by atoms with Crippen LogP contribution in [-0.4, -0.2) is 41.2 Å². The molecule has 1 heterocycles. The molecule has 0 amide bonds. The molecule has 0 fully saturated rings. The van der Waals surface area contributed by atoms with E-state index in [1.807, 2.05) is 41.8 Å². The number of benzene rings is 1. The summed E-state index contributed by atoms with van der Waals surface area (Å²) in [5.41, 5.74) is 1.27. The highest BCUT2D eigenvalue weighted by Crippen LogP contribution is 2.27. The molecule has 0 aliphatic rings. The highest BCUT2D eigenvalue weighted by molar-refractivity contribution is 9.10. The maximum Gasteiger partial charge on any atom is 0.352 e. The van der Waals surface area contributed by atoms with Crippen molar-refractivity contribution in [2.75, 3.05) is 20.6 Å². The molecule has 2 aromatic rings. The zero-order chi connectivity index (χ0) is 13.3. The third kappa shape index (κ3) is 2.42. The van der Waals surface area contributed by atoms with Gasteiger partial charge in [0, 0.05) is 22.9 Å². The number of rotatable bonds is 4. The minimum Gasteiger partial charge on any atom is -0.477 e. The van der Waals surface area contributed by atoms with E-state index in [2.05, 4.69) is 15.9 Å². The molecule has 0 saturated carbocycles. The van der Waals surface area contributed by atoms with E-state index in [9.17, 15) is 9.90 Å². The van der Waals surface area contributed by atoms with Crippen LogP contribution in [0.25, 0.3) is 10.9 Å². The number of carboxylic acid groups (broad SMARTS) is 1. The summed E-state index contributed by atoms with van der Waals surface area (Å²) in [5, 5.41) is 10.2. The Labute approximate surface area is 114 Å². The van der Waals surface area contributed by atoms with Crippen molar-refractivity contribution >= 4 is 32.8 Å². The minimum absolute atomic E-state index is 0.332. The Morgan fingerprint density at radius 1 is 1.44 bits per heavy atom. The number of nitrogens with zero attached hydrogens (tertiary/aromatic N) is 2. The second kappa shape index (κ2) is 5.12. The summed E-state index contributed by atoms with van der Waals surface area (Å²) < 4.78 is 2.77. The molecule has 1 N–H and O–H groups in total. The standard InChI is InChI=1S/C13H15BrN2O2/c1-15(2)6-7-16-11(13(17)18)8-9-4-3-5-10(14)12(9)16/h3-5,8H,6-7H2,1-2H3,(H,17,18). The fourth-order valence-electron chi connectivity index (χ4n) is 1.99. The Morgan fingerprint density at radius 2 is 2.17 bits per heavy atom. The quantitative estimate of drug-likeness (QED) is 0.944. The molecule has 0 bridgehead atoms. The van der Waals surface area contributed by atoms with Crippen molar-refractivity contribution in [3.63, 3.8) is 0 Å². The third-order valence-corrected chi connectivity index (χ3v) is 3.50. The Kier molecular flexibility index (Phi) is 3.73. The van der Waals surface area contributed by atoms with Gasteiger partial charge in [0.1, 0.15) is 5.69 Å². The molecule has 5 heteroatoms. The fraction of sp³-hybridized carbons (Fsp3) is 0.308. The lowest BCUT2D eigenvalue weighted by molar-refractivity contribution is 0.0685. The number of carboxylic acids is 1. The molecule has 0 aliphatic heterocycles. The minimum atomic E-state index is -0.892. The van der Waals surface area contributed by atoms with Gasteiger partial charge >= 0.3 is 5.97 Å². The first-order valence-electron chi connectivity index (χ1n) is 5.66. The van der Waals surface area contributed by atoms with E-state index in [1.165, 1.54) is 0 Å². The second-order valence-corrected chi connectivity index (χ2v) is 5.32. The molecule has 0 unspecified atom stereocenters. The van der Waals surface area contributed by atoms with Gasteiger partial charge in [-0.2, -0.15) is 0 Å². The number of fused-ring (bicyclic) bond motifs is 1. The summed E-state index contributed by atoms with van der Waals surface area (Å²) in [4.78, 5) is 13.3. The van der Waals surface area contributed by atoms with Gasteiger partial charge in [0.05, 0.1) is 5.52 Å². The van der Waals surface area contributed by atoms with E-state index in [1.54, 1.807) is 6.07 Å². The molecule has 0 aliphatic carbocycles. The predicted octanol–water partition coefficient (Wildman–Crippen LogP) is 2.66. The maximum atomic E-state index is 11.3. The first kappa shape index (κ1) is 13.1. The Bertz CT molecular complexity index is 590. The molecule has 18 heavy (non-hydrogen) atoms. The van der Waals surface area contributed by atoms with Crippen LogP contribution in [0.3, 0.4) is 0 Å². The Morgan fingerprint density at radius 3 is 2.78 bits per heavy atom. The highest BCUT2D eigenvalue weighted by atomic mass is 79.9. The van der Waals surface area contributed by atoms with Crippen LogP contribution in [0.2, 0.25) is 0 Å². The molecule has 1 aromatic carbocycles. The molecule has 1 aromatic heterocycles. The van der Waals surface area contributed by atoms with E-state index in [0.29, 0.717) is 12.2 Å². The van der Waals surface area contributed by atoms with Gasteiger partial charge in [0.2, 0.25) is 0 Å². The van der Waals surface area contributed by atoms with Crippen molar-refractivity contribution in [1.29, 1.82) is 0 Å². The number of likely N-dealkylation sites (N-methyl/N-ethyl adjacent to an activating group) is 1. The van der Waals surface area contributed by atoms with Gasteiger partial charge in [-0.1, -0.05) is 12.1 Å². The van der Waals surface area contributed by atoms with Crippen molar-refractivity contribution < 1.29 is 9.90 Å². The predicted molar refractivity (Wildman–Crippen MR) is 75.2 cm³/mol. The van der Waals surface area contributed by atoms with Crippen molar-refractivity contribution in [2.45, 2.75) is 6.54 Å². The summed E-state index contributed by atoms with van der Waals surface area (Å²) in [5.74, 6) is -0.892. The zero-order valence-corrected chi connectivity index (χ0v) is 11.9. The monoisotopic (exact) mass is 310 g/mol. The summed E-state index contributed by atoms with van der Waals surface area (Å²) in [6.45, 7) is 1.45. The number of para-hydroxylation sites is 1. The fourth-order valence-corrected chi connectivity index (χ4v) is 2.58. The summed E-state index contributed by atoms with van der Waals surface area (Å²) >= 11 is 3.49. The number of hydrogen-bond donors (Lipinski definition) is 1. The van der Waals surface area contributed by atoms with E-state index < -0.39 is 5.97 Å². The molecular formula is C13H15BrN2O2. The van der Waals surface area contributed by atoms with Crippen LogP contribution in [0, 0.1) is 0 Å². The smallest absolute Gasteiger partial charge is 0.352 e. The van der Waals surface area contributed by atoms with Crippen LogP contribution in [0.5, 0.6) is 0 Å². The Balaban J connectivity index is 2.57. The molecule has 0 saturated heterocycles. The van der Waals surface area contributed by atoms with E-state index in [-0.39, 0.29) is 0 Å². The van der Waals surface area contributed by atoms with Crippen LogP contribution in [-0.2, 0) is 6.54 Å². The first-order chi connectivity index (χ1) is 8.50. The number of halogens is 1. The van der Waals surface area contributed by atoms with Gasteiger partial charge < -0.3 is 14.6 Å². The molecule has 96 valence electrons. The van der Waals surface area contributed by atoms with Gasteiger partial charge in [0.15, 0.2) is 0 Å². The van der Waals surface area contributed by atoms with Crippen LogP contribution in [0.15, 0.2) is 28.7 Å². The lowest BCUT2D eigenvalue weighted by atomic mass is 10.2. The van der Waals surface area contributed by atoms with E-state index >= 15 is 0 Å². The first-order valence-corrected chi connectivity index (χ1v) is 6.46. The van der Waals surface area contributed by atoms with Crippen molar-refractivity contribution in [3.05, 3.63) is 34.4 Å². The molecule has 0 spiro atoms. The summed E-state index contributed by atoms with van der Waals surface area (Å²) in [7, 11) is 3.95. The zero-order valence-electron chi connectivity index (χ0n) is 10.4. The topological polar surface area (TPSA) is 45.5 Å². The molecule has 2 rings (SSSR count). The van der Waals surface area contributed by atoms with Crippen molar-refractivity contribution in [2.24, 2.45) is 0 Å². The van der Waals surface area contributed by atoms with Gasteiger partial charge in [-0.15, -0.1) is 0 Å². The largest absolute Gasteiger partial charge is 0.477 e. The number of carbonyl (C=O) groups is 1. The van der Waals surface area contributed by atoms with E-state index in [4.69, 9.17) is 0 Å². The van der Waals surface area contributed by atoms with Gasteiger partial charge in [-0.3, -0.25) is 0 Å². The average molecular weight is 311 g/mol. The molecule has 4 nitrogen and oxygen atoms in total. The SMILES string of the molecule is CN(C)CCn1c(C(=O)O)cc2cccc(Br)c21. The lowest BCUT2D eigenvalue weighted by Crippen LogP contribution is -2.20.